The lowest BCUT2D eigenvalue weighted by molar-refractivity contribution is 1.09. The minimum atomic E-state index is 1.12. The molecule has 0 bridgehead atoms. The number of benzene rings is 9. The van der Waals surface area contributed by atoms with Gasteiger partial charge in [0.1, 0.15) is 0 Å². The molecule has 10 aromatic carbocycles. The van der Waals surface area contributed by atoms with E-state index in [1.807, 2.05) is 0 Å². The van der Waals surface area contributed by atoms with Crippen LogP contribution in [-0.4, -0.2) is 13.7 Å². The summed E-state index contributed by atoms with van der Waals surface area (Å²) in [6.07, 6.45) is 0. The summed E-state index contributed by atoms with van der Waals surface area (Å²) in [5.74, 6) is 0. The molecular weight excluding hydrogens is 691 g/mol. The van der Waals surface area contributed by atoms with Gasteiger partial charge >= 0.3 is 0 Å². The highest BCUT2D eigenvalue weighted by atomic mass is 15.1. The predicted molar refractivity (Wildman–Crippen MR) is 242 cm³/mol. The maximum atomic E-state index is 2.45. The lowest BCUT2D eigenvalue weighted by Gasteiger charge is -2.23. The van der Waals surface area contributed by atoms with Crippen LogP contribution in [0.25, 0.3) is 104 Å². The van der Waals surface area contributed by atoms with E-state index in [1.165, 1.54) is 64.9 Å². The van der Waals surface area contributed by atoms with Crippen LogP contribution >= 0.6 is 0 Å². The fraction of sp³-hybridized carbons (Fsp3) is 0. The number of hydrogen-bond acceptors (Lipinski definition) is 0. The number of hydrogen-bond donors (Lipinski definition) is 0. The van der Waals surface area contributed by atoms with Crippen LogP contribution in [0.5, 0.6) is 0 Å². The quantitative estimate of drug-likeness (QED) is 0.161. The zero-order valence-corrected chi connectivity index (χ0v) is 31.0. The van der Waals surface area contributed by atoms with Crippen molar-refractivity contribution in [2.75, 3.05) is 0 Å². The van der Waals surface area contributed by atoms with Crippen molar-refractivity contribution in [3.05, 3.63) is 212 Å². The molecular formula is C54H35N3. The average molecular weight is 726 g/mol. The Kier molecular flexibility index (Phi) is 6.93. The zero-order valence-electron chi connectivity index (χ0n) is 31.0. The van der Waals surface area contributed by atoms with E-state index in [2.05, 4.69) is 226 Å². The molecule has 3 nitrogen and oxygen atoms in total. The summed E-state index contributed by atoms with van der Waals surface area (Å²) in [5, 5.41) is 12.3. The van der Waals surface area contributed by atoms with E-state index in [1.54, 1.807) is 0 Å². The molecule has 0 spiro atoms. The van der Waals surface area contributed by atoms with Crippen molar-refractivity contribution in [1.82, 2.24) is 13.7 Å². The molecule has 0 unspecified atom stereocenters. The highest BCUT2D eigenvalue weighted by Gasteiger charge is 2.18. The Hall–Kier alpha value is -7.62. The standard InChI is InChI=1S/C54H35N3/c1-3-17-36(18-4-1)55-51-29-15-16-30-52(51)56(37-19-5-2-6-20-37)54-35-48-42-24-10-9-23-41(42)46-33-38(57-49-27-13-11-25-44(49)45-26-12-14-28-50(45)57)31-32-43(46)39-21-7-8-22-40(39)47(48)34-53(54)55/h1-35H. The van der Waals surface area contributed by atoms with Crippen molar-refractivity contribution in [3.8, 4) is 17.1 Å². The van der Waals surface area contributed by atoms with Gasteiger partial charge in [-0.15, -0.1) is 0 Å². The molecule has 12 aromatic rings. The van der Waals surface area contributed by atoms with Crippen LogP contribution in [0, 0.1) is 0 Å². The van der Waals surface area contributed by atoms with Gasteiger partial charge in [-0.05, 0) is 116 Å². The molecule has 57 heavy (non-hydrogen) atoms. The Morgan fingerprint density at radius 1 is 0.175 bits per heavy atom. The van der Waals surface area contributed by atoms with E-state index in [0.29, 0.717) is 0 Å². The Balaban J connectivity index is 1.30. The summed E-state index contributed by atoms with van der Waals surface area (Å²) < 4.78 is 7.30. The molecule has 0 fully saturated rings. The zero-order chi connectivity index (χ0) is 37.5. The average Bonchev–Trinajstić information content (AvgIpc) is 3.62. The minimum Gasteiger partial charge on any atom is -0.309 e. The first kappa shape index (κ1) is 31.7. The molecule has 2 heterocycles. The molecule has 0 saturated heterocycles. The molecule has 0 atom stereocenters. The molecule has 2 aromatic heterocycles. The highest BCUT2D eigenvalue weighted by molar-refractivity contribution is 6.27. The van der Waals surface area contributed by atoms with Gasteiger partial charge in [0.2, 0.25) is 0 Å². The van der Waals surface area contributed by atoms with Crippen LogP contribution < -0.4 is 0 Å². The van der Waals surface area contributed by atoms with Gasteiger partial charge in [0.25, 0.3) is 0 Å². The van der Waals surface area contributed by atoms with E-state index in [0.717, 1.165) is 39.1 Å². The Labute approximate surface area is 328 Å². The second kappa shape index (κ2) is 12.5. The van der Waals surface area contributed by atoms with Gasteiger partial charge in [-0.2, -0.15) is 0 Å². The molecule has 0 amide bonds. The third kappa shape index (κ3) is 4.73. The number of rotatable bonds is 3. The highest BCUT2D eigenvalue weighted by Crippen LogP contribution is 2.41. The van der Waals surface area contributed by atoms with Crippen LogP contribution in [0.3, 0.4) is 0 Å². The summed E-state index contributed by atoms with van der Waals surface area (Å²) in [5.41, 5.74) is 10.4. The van der Waals surface area contributed by atoms with Crippen LogP contribution in [0.1, 0.15) is 0 Å². The van der Waals surface area contributed by atoms with Gasteiger partial charge in [-0.25, -0.2) is 0 Å². The normalized spacial score (nSPS) is 11.9. The minimum absolute atomic E-state index is 1.12. The van der Waals surface area contributed by atoms with E-state index in [-0.39, 0.29) is 0 Å². The van der Waals surface area contributed by atoms with Crippen molar-refractivity contribution < 1.29 is 0 Å². The molecule has 0 saturated carbocycles. The maximum Gasteiger partial charge on any atom is 0.0709 e. The number of nitrogens with zero attached hydrogens (tertiary/aromatic N) is 3. The van der Waals surface area contributed by atoms with Gasteiger partial charge < -0.3 is 13.7 Å². The summed E-state index contributed by atoms with van der Waals surface area (Å²) >= 11 is 0. The molecule has 266 valence electrons. The van der Waals surface area contributed by atoms with E-state index in [4.69, 9.17) is 0 Å². The molecule has 0 N–H and O–H groups in total. The summed E-state index contributed by atoms with van der Waals surface area (Å²) in [6.45, 7) is 0. The number of aromatic nitrogens is 3. The molecule has 0 aliphatic carbocycles. The van der Waals surface area contributed by atoms with E-state index >= 15 is 0 Å². The SMILES string of the molecule is c1ccc(-n2c3ccccc3n(-c3ccccc3)c3cc4c5ccccc5c5cc(-n6c7ccccc7c7ccccc76)ccc5c5ccccc5c4cc32)cc1. The third-order valence-electron chi connectivity index (χ3n) is 11.8. The van der Waals surface area contributed by atoms with Crippen LogP contribution in [0.2, 0.25) is 0 Å². The van der Waals surface area contributed by atoms with Crippen molar-refractivity contribution in [2.45, 2.75) is 0 Å². The largest absolute Gasteiger partial charge is 0.309 e. The Morgan fingerprint density at radius 3 is 0.947 bits per heavy atom. The lowest BCUT2D eigenvalue weighted by atomic mass is 9.93. The third-order valence-corrected chi connectivity index (χ3v) is 11.8. The topological polar surface area (TPSA) is 14.8 Å². The second-order valence-electron chi connectivity index (χ2n) is 14.9. The molecule has 0 radical (unpaired) electrons. The van der Waals surface area contributed by atoms with Crippen LogP contribution in [-0.2, 0) is 0 Å². The van der Waals surface area contributed by atoms with Crippen LogP contribution in [0.15, 0.2) is 212 Å². The van der Waals surface area contributed by atoms with Gasteiger partial charge in [0, 0.05) is 27.8 Å². The first-order valence-electron chi connectivity index (χ1n) is 19.6. The van der Waals surface area contributed by atoms with Gasteiger partial charge in [-0.3, -0.25) is 0 Å². The second-order valence-corrected chi connectivity index (χ2v) is 14.9. The van der Waals surface area contributed by atoms with Gasteiger partial charge in [-0.1, -0.05) is 140 Å². The fourth-order valence-electron chi connectivity index (χ4n) is 9.43. The number of para-hydroxylation sites is 6. The summed E-state index contributed by atoms with van der Waals surface area (Å²) in [4.78, 5) is 0. The van der Waals surface area contributed by atoms with Crippen molar-refractivity contribution in [2.24, 2.45) is 0 Å². The summed E-state index contributed by atoms with van der Waals surface area (Å²) in [6, 6.07) is 77.8. The number of fused-ring (bicyclic) bond motifs is 13. The monoisotopic (exact) mass is 725 g/mol. The first-order valence-corrected chi connectivity index (χ1v) is 19.6. The Bertz CT molecular complexity index is 3570. The fourth-order valence-corrected chi connectivity index (χ4v) is 9.43. The molecule has 0 aliphatic rings. The van der Waals surface area contributed by atoms with Crippen LogP contribution in [0.4, 0.5) is 0 Å². The van der Waals surface area contributed by atoms with E-state index in [9.17, 15) is 0 Å². The summed E-state index contributed by atoms with van der Waals surface area (Å²) in [7, 11) is 0. The molecule has 3 heteroatoms. The van der Waals surface area contributed by atoms with Crippen molar-refractivity contribution in [1.29, 1.82) is 0 Å². The van der Waals surface area contributed by atoms with E-state index < -0.39 is 0 Å². The van der Waals surface area contributed by atoms with Gasteiger partial charge in [0.15, 0.2) is 0 Å². The van der Waals surface area contributed by atoms with Crippen molar-refractivity contribution >= 4 is 87.0 Å². The maximum absolute atomic E-state index is 2.45. The van der Waals surface area contributed by atoms with Crippen molar-refractivity contribution in [3.63, 3.8) is 0 Å². The smallest absolute Gasteiger partial charge is 0.0709 e. The first-order chi connectivity index (χ1) is 28.3. The van der Waals surface area contributed by atoms with Gasteiger partial charge in [0.05, 0.1) is 33.1 Å². The Morgan fingerprint density at radius 2 is 0.491 bits per heavy atom. The lowest BCUT2D eigenvalue weighted by Crippen LogP contribution is -2.08. The predicted octanol–water partition coefficient (Wildman–Crippen LogP) is 14.4. The molecule has 0 aliphatic heterocycles. The molecule has 12 rings (SSSR count).